The Morgan fingerprint density at radius 2 is 1.86 bits per heavy atom. The van der Waals surface area contributed by atoms with Crippen molar-refractivity contribution in [1.29, 1.82) is 0 Å². The van der Waals surface area contributed by atoms with E-state index >= 15 is 0 Å². The molecule has 14 heavy (non-hydrogen) atoms. The Hall–Kier alpha value is -0.610. The summed E-state index contributed by atoms with van der Waals surface area (Å²) >= 11 is 0. The minimum Gasteiger partial charge on any atom is -0.355 e. The average molecular weight is 201 g/mol. The third-order valence-corrected chi connectivity index (χ3v) is 1.85. The number of carbonyl (C=O) groups excluding carboxylic acids is 1. The van der Waals surface area contributed by atoms with Gasteiger partial charge in [-0.1, -0.05) is 13.8 Å². The Balaban J connectivity index is 3.18. The van der Waals surface area contributed by atoms with Crippen LogP contribution in [0.15, 0.2) is 0 Å². The molecule has 0 aromatic rings. The first kappa shape index (κ1) is 13.4. The predicted octanol–water partition coefficient (Wildman–Crippen LogP) is 0.100. The molecule has 0 aliphatic carbocycles. The normalized spacial score (nSPS) is 10.6. The lowest BCUT2D eigenvalue weighted by Gasteiger charge is -2.08. The SMILES string of the molecule is CNCCCCNC(=O)CNC(C)C. The van der Waals surface area contributed by atoms with Crippen molar-refractivity contribution in [2.45, 2.75) is 32.7 Å². The van der Waals surface area contributed by atoms with E-state index in [9.17, 15) is 4.79 Å². The van der Waals surface area contributed by atoms with Crippen molar-refractivity contribution in [1.82, 2.24) is 16.0 Å². The molecule has 4 nitrogen and oxygen atoms in total. The first-order valence-electron chi connectivity index (χ1n) is 5.31. The average Bonchev–Trinajstić information content (AvgIpc) is 2.14. The zero-order chi connectivity index (χ0) is 10.8. The summed E-state index contributed by atoms with van der Waals surface area (Å²) in [6.07, 6.45) is 2.14. The van der Waals surface area contributed by atoms with Gasteiger partial charge in [0.05, 0.1) is 6.54 Å². The first-order chi connectivity index (χ1) is 6.66. The number of rotatable bonds is 8. The third-order valence-electron chi connectivity index (χ3n) is 1.85. The van der Waals surface area contributed by atoms with E-state index in [2.05, 4.69) is 16.0 Å². The zero-order valence-electron chi connectivity index (χ0n) is 9.52. The molecule has 0 fully saturated rings. The minimum atomic E-state index is 0.0863. The van der Waals surface area contributed by atoms with Crippen LogP contribution in [0, 0.1) is 0 Å². The maximum atomic E-state index is 11.2. The molecule has 0 aliphatic heterocycles. The van der Waals surface area contributed by atoms with Crippen LogP contribution >= 0.6 is 0 Å². The number of carbonyl (C=O) groups is 1. The molecule has 0 bridgehead atoms. The maximum absolute atomic E-state index is 11.2. The van der Waals surface area contributed by atoms with Crippen LogP contribution in [0.3, 0.4) is 0 Å². The fourth-order valence-corrected chi connectivity index (χ4v) is 1.01. The molecule has 0 spiro atoms. The van der Waals surface area contributed by atoms with Gasteiger partial charge in [-0.15, -0.1) is 0 Å². The van der Waals surface area contributed by atoms with Gasteiger partial charge in [-0.2, -0.15) is 0 Å². The van der Waals surface area contributed by atoms with Gasteiger partial charge in [0, 0.05) is 12.6 Å². The molecule has 0 atom stereocenters. The van der Waals surface area contributed by atoms with Crippen LogP contribution in [-0.4, -0.2) is 38.6 Å². The Bertz CT molecular complexity index is 148. The van der Waals surface area contributed by atoms with Gasteiger partial charge in [-0.25, -0.2) is 0 Å². The smallest absolute Gasteiger partial charge is 0.233 e. The van der Waals surface area contributed by atoms with Crippen LogP contribution in [0.1, 0.15) is 26.7 Å². The zero-order valence-corrected chi connectivity index (χ0v) is 9.52. The highest BCUT2D eigenvalue weighted by Crippen LogP contribution is 1.83. The quantitative estimate of drug-likeness (QED) is 0.488. The van der Waals surface area contributed by atoms with Crippen LogP contribution in [0.4, 0.5) is 0 Å². The van der Waals surface area contributed by atoms with Crippen molar-refractivity contribution in [3.05, 3.63) is 0 Å². The number of nitrogens with one attached hydrogen (secondary N) is 3. The molecule has 0 unspecified atom stereocenters. The molecule has 0 radical (unpaired) electrons. The van der Waals surface area contributed by atoms with E-state index in [1.807, 2.05) is 20.9 Å². The van der Waals surface area contributed by atoms with Gasteiger partial charge in [-0.3, -0.25) is 4.79 Å². The minimum absolute atomic E-state index is 0.0863. The first-order valence-corrected chi connectivity index (χ1v) is 5.31. The van der Waals surface area contributed by atoms with Crippen molar-refractivity contribution in [2.75, 3.05) is 26.7 Å². The van der Waals surface area contributed by atoms with Gasteiger partial charge in [-0.05, 0) is 26.4 Å². The summed E-state index contributed by atoms with van der Waals surface area (Å²) in [4.78, 5) is 11.2. The second-order valence-corrected chi connectivity index (χ2v) is 3.70. The number of unbranched alkanes of at least 4 members (excludes halogenated alkanes) is 1. The fraction of sp³-hybridized carbons (Fsp3) is 0.900. The lowest BCUT2D eigenvalue weighted by atomic mass is 10.3. The third kappa shape index (κ3) is 9.48. The van der Waals surface area contributed by atoms with Gasteiger partial charge in [0.25, 0.3) is 0 Å². The summed E-state index contributed by atoms with van der Waals surface area (Å²) in [6.45, 7) is 6.27. The topological polar surface area (TPSA) is 53.2 Å². The van der Waals surface area contributed by atoms with Crippen LogP contribution in [0.25, 0.3) is 0 Å². The standard InChI is InChI=1S/C10H23N3O/c1-9(2)13-8-10(14)12-7-5-4-6-11-3/h9,11,13H,4-8H2,1-3H3,(H,12,14). The van der Waals surface area contributed by atoms with Gasteiger partial charge in [0.2, 0.25) is 5.91 Å². The van der Waals surface area contributed by atoms with E-state index < -0.39 is 0 Å². The van der Waals surface area contributed by atoms with Crippen LogP contribution < -0.4 is 16.0 Å². The van der Waals surface area contributed by atoms with E-state index in [-0.39, 0.29) is 5.91 Å². The van der Waals surface area contributed by atoms with E-state index in [1.54, 1.807) is 0 Å². The van der Waals surface area contributed by atoms with Crippen LogP contribution in [-0.2, 0) is 4.79 Å². The van der Waals surface area contributed by atoms with E-state index in [1.165, 1.54) is 0 Å². The Labute approximate surface area is 86.8 Å². The molecule has 0 heterocycles. The number of hydrogen-bond acceptors (Lipinski definition) is 3. The molecule has 0 aliphatic rings. The largest absolute Gasteiger partial charge is 0.355 e. The Morgan fingerprint density at radius 1 is 1.21 bits per heavy atom. The molecular weight excluding hydrogens is 178 g/mol. The maximum Gasteiger partial charge on any atom is 0.233 e. The van der Waals surface area contributed by atoms with Gasteiger partial charge < -0.3 is 16.0 Å². The van der Waals surface area contributed by atoms with Crippen molar-refractivity contribution in [3.63, 3.8) is 0 Å². The fourth-order valence-electron chi connectivity index (χ4n) is 1.01. The van der Waals surface area contributed by atoms with Crippen molar-refractivity contribution >= 4 is 5.91 Å². The Kier molecular flexibility index (Phi) is 8.57. The monoisotopic (exact) mass is 201 g/mol. The Morgan fingerprint density at radius 3 is 2.43 bits per heavy atom. The van der Waals surface area contributed by atoms with Crippen molar-refractivity contribution < 1.29 is 4.79 Å². The summed E-state index contributed by atoms with van der Waals surface area (Å²) in [5, 5.41) is 9.01. The molecule has 1 amide bonds. The number of amides is 1. The van der Waals surface area contributed by atoms with Crippen molar-refractivity contribution in [2.24, 2.45) is 0 Å². The van der Waals surface area contributed by atoms with E-state index in [4.69, 9.17) is 0 Å². The van der Waals surface area contributed by atoms with Crippen LogP contribution in [0.2, 0.25) is 0 Å². The second-order valence-electron chi connectivity index (χ2n) is 3.70. The molecule has 0 aromatic heterocycles. The van der Waals surface area contributed by atoms with E-state index in [0.29, 0.717) is 12.6 Å². The lowest BCUT2D eigenvalue weighted by molar-refractivity contribution is -0.120. The molecule has 4 heteroatoms. The highest BCUT2D eigenvalue weighted by atomic mass is 16.1. The number of hydrogen-bond donors (Lipinski definition) is 3. The van der Waals surface area contributed by atoms with Gasteiger partial charge in [0.15, 0.2) is 0 Å². The molecule has 3 N–H and O–H groups in total. The van der Waals surface area contributed by atoms with Gasteiger partial charge in [0.1, 0.15) is 0 Å². The summed E-state index contributed by atoms with van der Waals surface area (Å²) in [6, 6.07) is 0.366. The molecule has 0 saturated heterocycles. The predicted molar refractivity (Wildman–Crippen MR) is 59.3 cm³/mol. The highest BCUT2D eigenvalue weighted by molar-refractivity contribution is 5.77. The lowest BCUT2D eigenvalue weighted by Crippen LogP contribution is -2.37. The molecule has 0 rings (SSSR count). The molecule has 84 valence electrons. The van der Waals surface area contributed by atoms with Gasteiger partial charge >= 0.3 is 0 Å². The van der Waals surface area contributed by atoms with Crippen molar-refractivity contribution in [3.8, 4) is 0 Å². The van der Waals surface area contributed by atoms with E-state index in [0.717, 1.165) is 25.9 Å². The summed E-state index contributed by atoms with van der Waals surface area (Å²) in [5.41, 5.74) is 0. The van der Waals surface area contributed by atoms with Crippen LogP contribution in [0.5, 0.6) is 0 Å². The summed E-state index contributed by atoms with van der Waals surface area (Å²) < 4.78 is 0. The summed E-state index contributed by atoms with van der Waals surface area (Å²) in [5.74, 6) is 0.0863. The second kappa shape index (κ2) is 8.97. The molecule has 0 aromatic carbocycles. The molecular formula is C10H23N3O. The summed E-state index contributed by atoms with van der Waals surface area (Å²) in [7, 11) is 1.94. The molecule has 0 saturated carbocycles. The highest BCUT2D eigenvalue weighted by Gasteiger charge is 2.00.